The molecule has 3 atom stereocenters. The van der Waals surface area contributed by atoms with E-state index in [1.54, 1.807) is 12.5 Å². The number of aromatic nitrogens is 2. The van der Waals surface area contributed by atoms with Gasteiger partial charge in [0.05, 0.1) is 19.0 Å². The van der Waals surface area contributed by atoms with Crippen molar-refractivity contribution < 1.29 is 9.63 Å². The molecule has 2 aromatic rings. The number of likely N-dealkylation sites (tertiary alicyclic amines) is 1. The molecule has 0 saturated carbocycles. The third-order valence-corrected chi connectivity index (χ3v) is 5.76. The van der Waals surface area contributed by atoms with Crippen molar-refractivity contribution in [1.29, 1.82) is 0 Å². The molecule has 27 heavy (non-hydrogen) atoms. The zero-order valence-electron chi connectivity index (χ0n) is 16.5. The second kappa shape index (κ2) is 6.77. The Kier molecular flexibility index (Phi) is 4.56. The van der Waals surface area contributed by atoms with E-state index < -0.39 is 5.41 Å². The van der Waals surface area contributed by atoms with Crippen LogP contribution in [0.3, 0.4) is 0 Å². The molecule has 144 valence electrons. The van der Waals surface area contributed by atoms with Gasteiger partial charge in [0.1, 0.15) is 0 Å². The van der Waals surface area contributed by atoms with Crippen LogP contribution in [0.4, 0.5) is 0 Å². The number of hydrogen-bond donors (Lipinski definition) is 0. The summed E-state index contributed by atoms with van der Waals surface area (Å²) in [5.41, 5.74) is 1.85. The van der Waals surface area contributed by atoms with Gasteiger partial charge in [-0.05, 0) is 24.1 Å². The Balaban J connectivity index is 1.65. The molecule has 0 radical (unpaired) electrons. The van der Waals surface area contributed by atoms with Gasteiger partial charge in [0.15, 0.2) is 0 Å². The van der Waals surface area contributed by atoms with Gasteiger partial charge in [0, 0.05) is 49.0 Å². The highest BCUT2D eigenvalue weighted by Gasteiger charge is 2.45. The number of amides is 1. The van der Waals surface area contributed by atoms with Crippen molar-refractivity contribution in [3.63, 3.8) is 0 Å². The van der Waals surface area contributed by atoms with Crippen LogP contribution < -0.4 is 0 Å². The normalized spacial score (nSPS) is 26.2. The number of hydrogen-bond acceptors (Lipinski definition) is 4. The van der Waals surface area contributed by atoms with E-state index in [1.807, 2.05) is 43.6 Å². The molecule has 4 rings (SSSR count). The van der Waals surface area contributed by atoms with E-state index in [1.165, 1.54) is 5.56 Å². The number of piperidine rings is 1. The summed E-state index contributed by atoms with van der Waals surface area (Å²) in [5.74, 6) is 0.585. The van der Waals surface area contributed by atoms with Gasteiger partial charge in [-0.2, -0.15) is 5.06 Å². The topological polar surface area (TPSA) is 50.6 Å². The molecule has 1 aromatic carbocycles. The van der Waals surface area contributed by atoms with E-state index in [2.05, 4.69) is 34.1 Å². The second-order valence-electron chi connectivity index (χ2n) is 8.69. The third kappa shape index (κ3) is 3.39. The number of hydroxylamine groups is 2. The highest BCUT2D eigenvalue weighted by atomic mass is 16.7. The van der Waals surface area contributed by atoms with Crippen molar-refractivity contribution in [1.82, 2.24) is 19.5 Å². The Labute approximate surface area is 160 Å². The first-order valence-corrected chi connectivity index (χ1v) is 9.59. The van der Waals surface area contributed by atoms with Gasteiger partial charge in [0.2, 0.25) is 5.91 Å². The van der Waals surface area contributed by atoms with Gasteiger partial charge >= 0.3 is 0 Å². The quantitative estimate of drug-likeness (QED) is 0.818. The fourth-order valence-corrected chi connectivity index (χ4v) is 4.22. The number of carbonyl (C=O) groups is 1. The summed E-state index contributed by atoms with van der Waals surface area (Å²) in [6.07, 6.45) is 6.39. The van der Waals surface area contributed by atoms with Crippen LogP contribution >= 0.6 is 0 Å². The molecule has 1 amide bonds. The predicted molar refractivity (Wildman–Crippen MR) is 103 cm³/mol. The zero-order valence-corrected chi connectivity index (χ0v) is 16.5. The van der Waals surface area contributed by atoms with Crippen LogP contribution in [0.2, 0.25) is 0 Å². The van der Waals surface area contributed by atoms with Crippen molar-refractivity contribution >= 4 is 5.91 Å². The van der Waals surface area contributed by atoms with Gasteiger partial charge in [-0.15, -0.1) is 0 Å². The minimum absolute atomic E-state index is 0.0685. The highest BCUT2D eigenvalue weighted by molar-refractivity contribution is 5.82. The van der Waals surface area contributed by atoms with Crippen molar-refractivity contribution in [2.45, 2.75) is 39.3 Å². The Bertz CT molecular complexity index is 795. The van der Waals surface area contributed by atoms with E-state index in [-0.39, 0.29) is 11.9 Å². The summed E-state index contributed by atoms with van der Waals surface area (Å²) in [6, 6.07) is 8.89. The van der Waals surface area contributed by atoms with Gasteiger partial charge in [0.25, 0.3) is 0 Å². The molecule has 1 aromatic heterocycles. The summed E-state index contributed by atoms with van der Waals surface area (Å²) in [5, 5.41) is 1.98. The molecule has 2 aliphatic rings. The average Bonchev–Trinajstić information content (AvgIpc) is 3.30. The number of carbonyl (C=O) groups excluding carboxylic acids is 1. The van der Waals surface area contributed by atoms with E-state index in [0.29, 0.717) is 18.6 Å². The molecule has 0 spiro atoms. The number of imidazole rings is 1. The molecular weight excluding hydrogens is 340 g/mol. The van der Waals surface area contributed by atoms with Crippen LogP contribution in [0.1, 0.15) is 38.8 Å². The van der Waals surface area contributed by atoms with Gasteiger partial charge in [-0.25, -0.2) is 4.98 Å². The van der Waals surface area contributed by atoms with Gasteiger partial charge < -0.3 is 9.47 Å². The van der Waals surface area contributed by atoms with Crippen LogP contribution in [-0.2, 0) is 9.63 Å². The Hall–Kier alpha value is -2.18. The van der Waals surface area contributed by atoms with E-state index in [9.17, 15) is 4.79 Å². The van der Waals surface area contributed by atoms with Crippen LogP contribution in [-0.4, -0.2) is 51.7 Å². The number of rotatable bonds is 2. The SMILES string of the molecule is CN1OC[C@@H]2CN(C(=O)C(C)(C)C)[C@H](c3ccc(-n4ccnc4)cc3)C[C@@H]21. The first-order valence-electron chi connectivity index (χ1n) is 9.59. The Morgan fingerprint density at radius 2 is 1.96 bits per heavy atom. The standard InChI is InChI=1S/C21H28N4O2/c1-21(2,3)20(26)25-12-16-13-27-23(4)18(16)11-19(25)15-5-7-17(8-6-15)24-10-9-22-14-24/h5-10,14,16,18-19H,11-13H2,1-4H3/t16-,18-,19-/m0/s1. The molecular formula is C21H28N4O2. The van der Waals surface area contributed by atoms with E-state index in [4.69, 9.17) is 4.84 Å². The Morgan fingerprint density at radius 3 is 2.59 bits per heavy atom. The smallest absolute Gasteiger partial charge is 0.228 e. The fourth-order valence-electron chi connectivity index (χ4n) is 4.22. The summed E-state index contributed by atoms with van der Waals surface area (Å²) < 4.78 is 1.98. The molecule has 0 N–H and O–H groups in total. The monoisotopic (exact) mass is 368 g/mol. The van der Waals surface area contributed by atoms with Crippen molar-refractivity contribution in [3.8, 4) is 5.69 Å². The third-order valence-electron chi connectivity index (χ3n) is 5.76. The first-order chi connectivity index (χ1) is 12.8. The minimum atomic E-state index is -0.396. The first kappa shape index (κ1) is 18.2. The van der Waals surface area contributed by atoms with Crippen molar-refractivity contribution in [2.24, 2.45) is 11.3 Å². The molecule has 2 aliphatic heterocycles. The van der Waals surface area contributed by atoms with Crippen LogP contribution in [0.25, 0.3) is 5.69 Å². The van der Waals surface area contributed by atoms with Crippen LogP contribution in [0, 0.1) is 11.3 Å². The van der Waals surface area contributed by atoms with Crippen molar-refractivity contribution in [3.05, 3.63) is 48.5 Å². The lowest BCUT2D eigenvalue weighted by molar-refractivity contribution is -0.147. The largest absolute Gasteiger partial charge is 0.335 e. The summed E-state index contributed by atoms with van der Waals surface area (Å²) in [6.45, 7) is 7.44. The molecule has 6 heteroatoms. The minimum Gasteiger partial charge on any atom is -0.335 e. The van der Waals surface area contributed by atoms with Gasteiger partial charge in [-0.1, -0.05) is 32.9 Å². The van der Waals surface area contributed by atoms with Gasteiger partial charge in [-0.3, -0.25) is 9.63 Å². The lowest BCUT2D eigenvalue weighted by atomic mass is 9.83. The number of benzene rings is 1. The maximum atomic E-state index is 13.2. The fraction of sp³-hybridized carbons (Fsp3) is 0.524. The molecule has 6 nitrogen and oxygen atoms in total. The van der Waals surface area contributed by atoms with Crippen LogP contribution in [0.15, 0.2) is 43.0 Å². The summed E-state index contributed by atoms with van der Waals surface area (Å²) >= 11 is 0. The molecule has 0 aliphatic carbocycles. The molecule has 0 bridgehead atoms. The molecule has 3 heterocycles. The summed E-state index contributed by atoms with van der Waals surface area (Å²) in [7, 11) is 2.01. The van der Waals surface area contributed by atoms with Crippen molar-refractivity contribution in [2.75, 3.05) is 20.2 Å². The molecule has 0 unspecified atom stereocenters. The lowest BCUT2D eigenvalue weighted by Gasteiger charge is -2.44. The predicted octanol–water partition coefficient (Wildman–Crippen LogP) is 3.05. The van der Waals surface area contributed by atoms with E-state index in [0.717, 1.165) is 18.7 Å². The van der Waals surface area contributed by atoms with Crippen LogP contribution in [0.5, 0.6) is 0 Å². The maximum Gasteiger partial charge on any atom is 0.228 e. The zero-order chi connectivity index (χ0) is 19.2. The number of fused-ring (bicyclic) bond motifs is 1. The summed E-state index contributed by atoms with van der Waals surface area (Å²) in [4.78, 5) is 25.1. The average molecular weight is 368 g/mol. The Morgan fingerprint density at radius 1 is 1.22 bits per heavy atom. The molecule has 2 fully saturated rings. The molecule has 2 saturated heterocycles. The lowest BCUT2D eigenvalue weighted by Crippen LogP contribution is -2.52. The number of nitrogens with zero attached hydrogens (tertiary/aromatic N) is 4. The van der Waals surface area contributed by atoms with E-state index >= 15 is 0 Å². The highest BCUT2D eigenvalue weighted by Crippen LogP contribution is 2.40. The second-order valence-corrected chi connectivity index (χ2v) is 8.69. The maximum absolute atomic E-state index is 13.2.